The van der Waals surface area contributed by atoms with E-state index in [4.69, 9.17) is 10.7 Å². The molecule has 0 bridgehead atoms. The van der Waals surface area contributed by atoms with Gasteiger partial charge in [-0.3, -0.25) is 4.79 Å². The van der Waals surface area contributed by atoms with Gasteiger partial charge >= 0.3 is 0 Å². The highest BCUT2D eigenvalue weighted by atomic mass is 35.7. The van der Waals surface area contributed by atoms with Crippen LogP contribution in [0.4, 0.5) is 0 Å². The summed E-state index contributed by atoms with van der Waals surface area (Å²) in [6, 6.07) is 2.87. The third-order valence-corrected chi connectivity index (χ3v) is 4.87. The van der Waals surface area contributed by atoms with Gasteiger partial charge in [-0.2, -0.15) is 0 Å². The summed E-state index contributed by atoms with van der Waals surface area (Å²) >= 11 is 0. The molecule has 0 heterocycles. The molecule has 0 aliphatic carbocycles. The number of aryl methyl sites for hydroxylation is 1. The molecule has 0 saturated carbocycles. The van der Waals surface area contributed by atoms with Crippen molar-refractivity contribution in [1.82, 2.24) is 5.32 Å². The minimum atomic E-state index is -3.85. The van der Waals surface area contributed by atoms with E-state index < -0.39 is 9.05 Å². The van der Waals surface area contributed by atoms with E-state index in [0.717, 1.165) is 30.4 Å². The molecule has 0 aromatic heterocycles. The molecular formula is C15H22ClNO3S. The zero-order valence-corrected chi connectivity index (χ0v) is 14.4. The summed E-state index contributed by atoms with van der Waals surface area (Å²) in [5.41, 5.74) is 1.85. The maximum absolute atomic E-state index is 12.3. The Labute approximate surface area is 131 Å². The van der Waals surface area contributed by atoms with E-state index >= 15 is 0 Å². The lowest BCUT2D eigenvalue weighted by atomic mass is 10.0. The van der Waals surface area contributed by atoms with Crippen LogP contribution in [-0.4, -0.2) is 20.4 Å². The number of benzene rings is 1. The molecule has 1 rings (SSSR count). The predicted octanol–water partition coefficient (Wildman–Crippen LogP) is 3.54. The Hall–Kier alpha value is -1.07. The summed E-state index contributed by atoms with van der Waals surface area (Å²) < 4.78 is 22.9. The van der Waals surface area contributed by atoms with Crippen molar-refractivity contribution in [3.05, 3.63) is 28.8 Å². The lowest BCUT2D eigenvalue weighted by Gasteiger charge is -2.16. The van der Waals surface area contributed by atoms with Crippen LogP contribution in [0.25, 0.3) is 0 Å². The summed E-state index contributed by atoms with van der Waals surface area (Å²) in [6.07, 6.45) is 3.00. The van der Waals surface area contributed by atoms with E-state index in [9.17, 15) is 13.2 Å². The Morgan fingerprint density at radius 1 is 1.33 bits per heavy atom. The average molecular weight is 332 g/mol. The normalized spacial score (nSPS) is 13.0. The number of unbranched alkanes of at least 4 members (excludes halogenated alkanes) is 1. The van der Waals surface area contributed by atoms with Gasteiger partial charge < -0.3 is 5.32 Å². The third kappa shape index (κ3) is 5.00. The number of rotatable bonds is 6. The molecule has 1 N–H and O–H groups in total. The first-order valence-electron chi connectivity index (χ1n) is 7.03. The number of hydrogen-bond acceptors (Lipinski definition) is 3. The molecule has 0 aliphatic heterocycles. The smallest absolute Gasteiger partial charge is 0.261 e. The summed E-state index contributed by atoms with van der Waals surface area (Å²) in [6.45, 7) is 7.60. The molecule has 1 unspecified atom stereocenters. The van der Waals surface area contributed by atoms with Crippen LogP contribution in [0, 0.1) is 13.8 Å². The third-order valence-electron chi connectivity index (χ3n) is 3.54. The first-order valence-corrected chi connectivity index (χ1v) is 9.34. The Kier molecular flexibility index (Phi) is 6.23. The van der Waals surface area contributed by atoms with Gasteiger partial charge in [-0.25, -0.2) is 8.42 Å². The molecule has 0 aliphatic rings. The number of nitrogens with one attached hydrogen (secondary N) is 1. The molecule has 21 heavy (non-hydrogen) atoms. The van der Waals surface area contributed by atoms with Crippen molar-refractivity contribution in [2.45, 2.75) is 57.9 Å². The Bertz CT molecular complexity index is 626. The van der Waals surface area contributed by atoms with Crippen molar-refractivity contribution < 1.29 is 13.2 Å². The summed E-state index contributed by atoms with van der Waals surface area (Å²) in [5, 5.41) is 2.90. The molecule has 4 nitrogen and oxygen atoms in total. The second-order valence-electron chi connectivity index (χ2n) is 5.37. The van der Waals surface area contributed by atoms with Gasteiger partial charge in [-0.05, 0) is 50.5 Å². The van der Waals surface area contributed by atoms with E-state index in [1.165, 1.54) is 12.1 Å². The first kappa shape index (κ1) is 18.0. The van der Waals surface area contributed by atoms with Crippen molar-refractivity contribution in [1.29, 1.82) is 0 Å². The lowest BCUT2D eigenvalue weighted by molar-refractivity contribution is 0.0937. The van der Waals surface area contributed by atoms with Crippen molar-refractivity contribution in [3.8, 4) is 0 Å². The second kappa shape index (κ2) is 7.27. The van der Waals surface area contributed by atoms with Gasteiger partial charge in [0.25, 0.3) is 15.0 Å². The number of carbonyl (C=O) groups is 1. The van der Waals surface area contributed by atoms with Crippen LogP contribution < -0.4 is 5.32 Å². The summed E-state index contributed by atoms with van der Waals surface area (Å²) in [7, 11) is 1.53. The molecule has 0 saturated heterocycles. The molecule has 1 amide bonds. The second-order valence-corrected chi connectivity index (χ2v) is 7.93. The van der Waals surface area contributed by atoms with Crippen LogP contribution in [-0.2, 0) is 9.05 Å². The van der Waals surface area contributed by atoms with Gasteiger partial charge in [-0.15, -0.1) is 0 Å². The number of carbonyl (C=O) groups excluding carboxylic acids is 1. The summed E-state index contributed by atoms with van der Waals surface area (Å²) in [4.78, 5) is 12.3. The van der Waals surface area contributed by atoms with Gasteiger partial charge in [0.2, 0.25) is 0 Å². The van der Waals surface area contributed by atoms with Crippen molar-refractivity contribution in [2.24, 2.45) is 0 Å². The van der Waals surface area contributed by atoms with Gasteiger partial charge in [0, 0.05) is 22.3 Å². The van der Waals surface area contributed by atoms with Crippen molar-refractivity contribution in [3.63, 3.8) is 0 Å². The van der Waals surface area contributed by atoms with Gasteiger partial charge in [0.1, 0.15) is 0 Å². The molecular weight excluding hydrogens is 310 g/mol. The molecule has 0 fully saturated rings. The fourth-order valence-corrected chi connectivity index (χ4v) is 2.93. The quantitative estimate of drug-likeness (QED) is 0.811. The highest BCUT2D eigenvalue weighted by molar-refractivity contribution is 8.13. The van der Waals surface area contributed by atoms with Crippen LogP contribution in [0.15, 0.2) is 17.0 Å². The summed E-state index contributed by atoms with van der Waals surface area (Å²) in [5.74, 6) is -0.263. The Morgan fingerprint density at radius 3 is 2.48 bits per heavy atom. The molecule has 118 valence electrons. The minimum Gasteiger partial charge on any atom is -0.350 e. The van der Waals surface area contributed by atoms with Crippen molar-refractivity contribution in [2.75, 3.05) is 0 Å². The fourth-order valence-electron chi connectivity index (χ4n) is 2.09. The van der Waals surface area contributed by atoms with Crippen molar-refractivity contribution >= 4 is 25.6 Å². The molecule has 0 radical (unpaired) electrons. The minimum absolute atomic E-state index is 0.0429. The fraction of sp³-hybridized carbons (Fsp3) is 0.533. The van der Waals surface area contributed by atoms with Gasteiger partial charge in [0.05, 0.1) is 4.90 Å². The van der Waals surface area contributed by atoms with Gasteiger partial charge in [-0.1, -0.05) is 19.8 Å². The predicted molar refractivity (Wildman–Crippen MR) is 85.4 cm³/mol. The maximum atomic E-state index is 12.3. The van der Waals surface area contributed by atoms with Crippen LogP contribution in [0.5, 0.6) is 0 Å². The van der Waals surface area contributed by atoms with Crippen LogP contribution >= 0.6 is 10.7 Å². The largest absolute Gasteiger partial charge is 0.350 e. The zero-order chi connectivity index (χ0) is 16.2. The van der Waals surface area contributed by atoms with E-state index in [1.807, 2.05) is 6.92 Å². The standard InChI is InChI=1S/C15H22ClNO3S/c1-5-6-7-11(3)17-15(18)14-9-13(21(16,19)20)8-10(2)12(14)4/h8-9,11H,5-7H2,1-4H3,(H,17,18). The maximum Gasteiger partial charge on any atom is 0.261 e. The lowest BCUT2D eigenvalue weighted by Crippen LogP contribution is -2.33. The Balaban J connectivity index is 3.06. The molecule has 1 aromatic carbocycles. The number of halogens is 1. The topological polar surface area (TPSA) is 63.2 Å². The van der Waals surface area contributed by atoms with E-state index in [-0.39, 0.29) is 16.8 Å². The molecule has 0 spiro atoms. The molecule has 1 aromatic rings. The number of amides is 1. The SMILES string of the molecule is CCCCC(C)NC(=O)c1cc(S(=O)(=O)Cl)cc(C)c1C. The van der Waals surface area contributed by atoms with Gasteiger partial charge in [0.15, 0.2) is 0 Å². The van der Waals surface area contributed by atoms with Crippen LogP contribution in [0.1, 0.15) is 54.6 Å². The number of hydrogen-bond donors (Lipinski definition) is 1. The van der Waals surface area contributed by atoms with E-state index in [2.05, 4.69) is 12.2 Å². The van der Waals surface area contributed by atoms with Crippen LogP contribution in [0.2, 0.25) is 0 Å². The highest BCUT2D eigenvalue weighted by Gasteiger charge is 2.18. The monoisotopic (exact) mass is 331 g/mol. The first-order chi connectivity index (χ1) is 9.66. The molecule has 6 heteroatoms. The van der Waals surface area contributed by atoms with E-state index in [0.29, 0.717) is 5.56 Å². The molecule has 1 atom stereocenters. The average Bonchev–Trinajstić information content (AvgIpc) is 2.37. The zero-order valence-electron chi connectivity index (χ0n) is 12.9. The van der Waals surface area contributed by atoms with Crippen LogP contribution in [0.3, 0.4) is 0 Å². The van der Waals surface area contributed by atoms with E-state index in [1.54, 1.807) is 13.8 Å². The highest BCUT2D eigenvalue weighted by Crippen LogP contribution is 2.22. The Morgan fingerprint density at radius 2 is 1.95 bits per heavy atom.